The Labute approximate surface area is 174 Å². The minimum atomic E-state index is -0.859. The van der Waals surface area contributed by atoms with Crippen molar-refractivity contribution in [2.75, 3.05) is 38.5 Å². The molecule has 1 atom stereocenters. The second-order valence-corrected chi connectivity index (χ2v) is 7.07. The molecule has 1 aliphatic heterocycles. The predicted octanol–water partition coefficient (Wildman–Crippen LogP) is 2.48. The second-order valence-electron chi connectivity index (χ2n) is 6.64. The first kappa shape index (κ1) is 24.1. The molecule has 1 unspecified atom stereocenters. The molecule has 1 aliphatic rings. The Balaban J connectivity index is 0.00000392. The predicted molar refractivity (Wildman–Crippen MR) is 108 cm³/mol. The SMILES string of the molecule is CN(CC(=O)O)C1CCCN(CC(=O)Nc2ccc(Cl)cc2[N+](=O)[O-])CC1.Cl. The van der Waals surface area contributed by atoms with Crippen LogP contribution < -0.4 is 5.32 Å². The van der Waals surface area contributed by atoms with Gasteiger partial charge in [0.2, 0.25) is 5.91 Å². The van der Waals surface area contributed by atoms with E-state index >= 15 is 0 Å². The maximum absolute atomic E-state index is 12.3. The molecule has 1 saturated heterocycles. The number of nitrogens with one attached hydrogen (secondary N) is 1. The molecule has 9 nitrogen and oxygen atoms in total. The fourth-order valence-corrected chi connectivity index (χ4v) is 3.40. The van der Waals surface area contributed by atoms with E-state index in [1.807, 2.05) is 9.80 Å². The summed E-state index contributed by atoms with van der Waals surface area (Å²) in [5.74, 6) is -1.19. The molecule has 156 valence electrons. The Bertz CT molecular complexity index is 719. The number of anilines is 1. The first-order valence-corrected chi connectivity index (χ1v) is 9.02. The number of benzene rings is 1. The zero-order valence-electron chi connectivity index (χ0n) is 15.5. The third-order valence-corrected chi connectivity index (χ3v) is 4.83. The van der Waals surface area contributed by atoms with Gasteiger partial charge in [-0.25, -0.2) is 0 Å². The van der Waals surface area contributed by atoms with Gasteiger partial charge in [0.1, 0.15) is 5.69 Å². The fraction of sp³-hybridized carbons (Fsp3) is 0.529. The van der Waals surface area contributed by atoms with Crippen LogP contribution in [0.15, 0.2) is 18.2 Å². The van der Waals surface area contributed by atoms with Crippen molar-refractivity contribution in [2.45, 2.75) is 25.3 Å². The van der Waals surface area contributed by atoms with E-state index in [4.69, 9.17) is 16.7 Å². The number of nitrogens with zero attached hydrogens (tertiary/aromatic N) is 3. The number of halogens is 2. The summed E-state index contributed by atoms with van der Waals surface area (Å²) in [4.78, 5) is 37.5. The lowest BCUT2D eigenvalue weighted by Crippen LogP contribution is -2.37. The molecule has 1 fully saturated rings. The topological polar surface area (TPSA) is 116 Å². The lowest BCUT2D eigenvalue weighted by Gasteiger charge is -2.25. The fourth-order valence-electron chi connectivity index (χ4n) is 3.23. The van der Waals surface area contributed by atoms with E-state index in [2.05, 4.69) is 5.32 Å². The van der Waals surface area contributed by atoms with Crippen LogP contribution >= 0.6 is 24.0 Å². The van der Waals surface area contributed by atoms with Crippen molar-refractivity contribution in [3.63, 3.8) is 0 Å². The lowest BCUT2D eigenvalue weighted by atomic mass is 10.1. The average molecular weight is 435 g/mol. The number of nitro benzene ring substituents is 1. The summed E-state index contributed by atoms with van der Waals surface area (Å²) in [6, 6.07) is 4.26. The summed E-state index contributed by atoms with van der Waals surface area (Å²) >= 11 is 5.78. The summed E-state index contributed by atoms with van der Waals surface area (Å²) < 4.78 is 0. The zero-order valence-corrected chi connectivity index (χ0v) is 17.0. The Morgan fingerprint density at radius 3 is 2.75 bits per heavy atom. The number of aliphatic carboxylic acids is 1. The van der Waals surface area contributed by atoms with Crippen LogP contribution in [0.2, 0.25) is 5.02 Å². The number of carboxylic acid groups (broad SMARTS) is 1. The van der Waals surface area contributed by atoms with Crippen LogP contribution in [-0.4, -0.2) is 71.0 Å². The van der Waals surface area contributed by atoms with Crippen molar-refractivity contribution >= 4 is 47.3 Å². The summed E-state index contributed by atoms with van der Waals surface area (Å²) in [5, 5.41) is 22.8. The van der Waals surface area contributed by atoms with Crippen molar-refractivity contribution < 1.29 is 19.6 Å². The van der Waals surface area contributed by atoms with E-state index in [9.17, 15) is 19.7 Å². The number of hydrogen-bond donors (Lipinski definition) is 2. The minimum Gasteiger partial charge on any atom is -0.480 e. The highest BCUT2D eigenvalue weighted by atomic mass is 35.5. The number of carbonyl (C=O) groups is 2. The highest BCUT2D eigenvalue weighted by Crippen LogP contribution is 2.27. The van der Waals surface area contributed by atoms with E-state index in [0.717, 1.165) is 19.3 Å². The molecule has 0 aromatic heterocycles. The number of likely N-dealkylation sites (tertiary alicyclic amines) is 1. The van der Waals surface area contributed by atoms with Crippen LogP contribution in [-0.2, 0) is 9.59 Å². The van der Waals surface area contributed by atoms with Crippen LogP contribution in [0.1, 0.15) is 19.3 Å². The first-order valence-electron chi connectivity index (χ1n) is 8.64. The van der Waals surface area contributed by atoms with E-state index in [1.54, 1.807) is 7.05 Å². The van der Waals surface area contributed by atoms with Crippen LogP contribution in [0.4, 0.5) is 11.4 Å². The maximum Gasteiger partial charge on any atom is 0.317 e. The van der Waals surface area contributed by atoms with Crippen molar-refractivity contribution in [1.29, 1.82) is 0 Å². The molecule has 0 aliphatic carbocycles. The highest BCUT2D eigenvalue weighted by molar-refractivity contribution is 6.31. The molecule has 1 aromatic rings. The van der Waals surface area contributed by atoms with Gasteiger partial charge in [0.15, 0.2) is 0 Å². The van der Waals surface area contributed by atoms with Gasteiger partial charge in [0.25, 0.3) is 5.69 Å². The zero-order chi connectivity index (χ0) is 20.0. The maximum atomic E-state index is 12.3. The number of carboxylic acids is 1. The summed E-state index contributed by atoms with van der Waals surface area (Å²) in [5.41, 5.74) is -0.134. The Kier molecular flexibility index (Phi) is 9.60. The average Bonchev–Trinajstić information content (AvgIpc) is 2.81. The van der Waals surface area contributed by atoms with Gasteiger partial charge in [-0.3, -0.25) is 29.5 Å². The molecule has 0 saturated carbocycles. The molecular weight excluding hydrogens is 411 g/mol. The van der Waals surface area contributed by atoms with E-state index in [1.165, 1.54) is 18.2 Å². The molecule has 0 bridgehead atoms. The van der Waals surface area contributed by atoms with Crippen LogP contribution in [0, 0.1) is 10.1 Å². The van der Waals surface area contributed by atoms with Gasteiger partial charge in [0, 0.05) is 23.7 Å². The van der Waals surface area contributed by atoms with E-state index < -0.39 is 10.9 Å². The van der Waals surface area contributed by atoms with Gasteiger partial charge >= 0.3 is 5.97 Å². The normalized spacial score (nSPS) is 17.5. The van der Waals surface area contributed by atoms with Crippen molar-refractivity contribution in [3.8, 4) is 0 Å². The number of likely N-dealkylation sites (N-methyl/N-ethyl adjacent to an activating group) is 1. The smallest absolute Gasteiger partial charge is 0.317 e. The minimum absolute atomic E-state index is 0. The summed E-state index contributed by atoms with van der Waals surface area (Å²) in [6.07, 6.45) is 2.48. The number of amides is 1. The van der Waals surface area contributed by atoms with Crippen LogP contribution in [0.25, 0.3) is 0 Å². The third kappa shape index (κ3) is 7.23. The third-order valence-electron chi connectivity index (χ3n) is 4.60. The largest absolute Gasteiger partial charge is 0.480 e. The molecule has 1 heterocycles. The molecular formula is C17H24Cl2N4O5. The van der Waals surface area contributed by atoms with Crippen LogP contribution in [0.3, 0.4) is 0 Å². The summed E-state index contributed by atoms with van der Waals surface area (Å²) in [7, 11) is 1.79. The summed E-state index contributed by atoms with van der Waals surface area (Å²) in [6.45, 7) is 1.48. The van der Waals surface area contributed by atoms with Gasteiger partial charge in [-0.15, -0.1) is 12.4 Å². The molecule has 11 heteroatoms. The van der Waals surface area contributed by atoms with Crippen molar-refractivity contribution in [3.05, 3.63) is 33.3 Å². The molecule has 2 rings (SSSR count). The Morgan fingerprint density at radius 1 is 1.39 bits per heavy atom. The lowest BCUT2D eigenvalue weighted by molar-refractivity contribution is -0.383. The highest BCUT2D eigenvalue weighted by Gasteiger charge is 2.23. The number of nitro groups is 1. The van der Waals surface area contributed by atoms with E-state index in [0.29, 0.717) is 13.1 Å². The van der Waals surface area contributed by atoms with Gasteiger partial charge in [-0.05, 0) is 45.0 Å². The van der Waals surface area contributed by atoms with Crippen molar-refractivity contribution in [1.82, 2.24) is 9.80 Å². The number of hydrogen-bond acceptors (Lipinski definition) is 6. The molecule has 1 aromatic carbocycles. The van der Waals surface area contributed by atoms with Crippen molar-refractivity contribution in [2.24, 2.45) is 0 Å². The second kappa shape index (κ2) is 11.2. The molecule has 0 radical (unpaired) electrons. The molecule has 28 heavy (non-hydrogen) atoms. The quantitative estimate of drug-likeness (QED) is 0.499. The Morgan fingerprint density at radius 2 is 2.11 bits per heavy atom. The first-order chi connectivity index (χ1) is 12.8. The van der Waals surface area contributed by atoms with Gasteiger partial charge in [0.05, 0.1) is 18.0 Å². The van der Waals surface area contributed by atoms with Gasteiger partial charge in [-0.1, -0.05) is 11.6 Å². The standard InChI is InChI=1S/C17H23ClN4O5.ClH/c1-20(11-17(24)25)13-3-2-7-21(8-6-13)10-16(23)19-14-5-4-12(18)9-15(14)22(26)27;/h4-5,9,13H,2-3,6-8,10-11H2,1H3,(H,19,23)(H,24,25);1H. The van der Waals surface area contributed by atoms with E-state index in [-0.39, 0.29) is 53.8 Å². The number of rotatable bonds is 7. The van der Waals surface area contributed by atoms with Gasteiger partial charge in [-0.2, -0.15) is 0 Å². The monoisotopic (exact) mass is 434 g/mol. The van der Waals surface area contributed by atoms with Gasteiger partial charge < -0.3 is 10.4 Å². The molecule has 2 N–H and O–H groups in total. The van der Waals surface area contributed by atoms with Crippen LogP contribution in [0.5, 0.6) is 0 Å². The number of carbonyl (C=O) groups excluding carboxylic acids is 1. The molecule has 0 spiro atoms. The Hall–Kier alpha value is -1.94. The molecule has 1 amide bonds.